The topological polar surface area (TPSA) is 53.6 Å². The molecule has 1 heterocycles. The van der Waals surface area contributed by atoms with Crippen LogP contribution in [-0.2, 0) is 9.53 Å². The third-order valence-corrected chi connectivity index (χ3v) is 4.30. The number of hydrogen-bond acceptors (Lipinski definition) is 4. The van der Waals surface area contributed by atoms with Crippen molar-refractivity contribution in [2.45, 2.75) is 25.1 Å². The molecular formula is C16H26Cl3N3O2. The molecule has 0 aliphatic carbocycles. The van der Waals surface area contributed by atoms with Crippen molar-refractivity contribution in [3.8, 4) is 0 Å². The lowest BCUT2D eigenvalue weighted by molar-refractivity contribution is -0.129. The van der Waals surface area contributed by atoms with Crippen LogP contribution in [0.5, 0.6) is 0 Å². The number of ether oxygens (including phenoxy) is 1. The van der Waals surface area contributed by atoms with E-state index in [2.05, 4.69) is 15.5 Å². The molecule has 2 N–H and O–H groups in total. The zero-order valence-electron chi connectivity index (χ0n) is 14.1. The molecule has 1 amide bonds. The van der Waals surface area contributed by atoms with Gasteiger partial charge in [0.25, 0.3) is 0 Å². The summed E-state index contributed by atoms with van der Waals surface area (Å²) in [5, 5.41) is 6.92. The number of likely N-dealkylation sites (N-methyl/N-ethyl adjacent to an activating group) is 1. The summed E-state index contributed by atoms with van der Waals surface area (Å²) < 4.78 is 5.51. The second-order valence-corrected chi connectivity index (χ2v) is 6.16. The Morgan fingerprint density at radius 3 is 2.67 bits per heavy atom. The second kappa shape index (κ2) is 11.1. The van der Waals surface area contributed by atoms with Crippen molar-refractivity contribution in [3.05, 3.63) is 34.9 Å². The molecule has 0 saturated carbocycles. The molecule has 0 radical (unpaired) electrons. The van der Waals surface area contributed by atoms with E-state index >= 15 is 0 Å². The van der Waals surface area contributed by atoms with Crippen LogP contribution in [0.15, 0.2) is 24.3 Å². The lowest BCUT2D eigenvalue weighted by Gasteiger charge is -2.31. The minimum absolute atomic E-state index is 0. The molecule has 1 saturated heterocycles. The van der Waals surface area contributed by atoms with E-state index in [1.54, 1.807) is 0 Å². The molecule has 0 spiro atoms. The van der Waals surface area contributed by atoms with E-state index in [4.69, 9.17) is 16.3 Å². The van der Waals surface area contributed by atoms with Gasteiger partial charge in [0.1, 0.15) is 6.04 Å². The normalized spacial score (nSPS) is 21.4. The van der Waals surface area contributed by atoms with Crippen LogP contribution in [0.4, 0.5) is 0 Å². The predicted octanol–water partition coefficient (Wildman–Crippen LogP) is 2.28. The molecule has 1 aromatic carbocycles. The Balaban J connectivity index is 0.00000264. The van der Waals surface area contributed by atoms with E-state index in [0.29, 0.717) is 24.7 Å². The molecule has 8 heteroatoms. The number of nitrogens with zero attached hydrogens (tertiary/aromatic N) is 1. The van der Waals surface area contributed by atoms with Gasteiger partial charge >= 0.3 is 0 Å². The summed E-state index contributed by atoms with van der Waals surface area (Å²) in [6.07, 6.45) is -0.119. The van der Waals surface area contributed by atoms with Gasteiger partial charge < -0.3 is 20.3 Å². The Bertz CT molecular complexity index is 517. The number of rotatable bonds is 5. The van der Waals surface area contributed by atoms with E-state index in [1.807, 2.05) is 45.3 Å². The van der Waals surface area contributed by atoms with Crippen LogP contribution in [-0.4, -0.2) is 56.7 Å². The fourth-order valence-corrected chi connectivity index (χ4v) is 2.91. The lowest BCUT2D eigenvalue weighted by atomic mass is 10.1. The summed E-state index contributed by atoms with van der Waals surface area (Å²) in [5.41, 5.74) is 1.01. The first-order chi connectivity index (χ1) is 10.5. The molecule has 24 heavy (non-hydrogen) atoms. The number of morpholine rings is 1. The molecule has 1 unspecified atom stereocenters. The maximum Gasteiger partial charge on any atom is 0.239 e. The van der Waals surface area contributed by atoms with Gasteiger partial charge in [-0.25, -0.2) is 0 Å². The van der Waals surface area contributed by atoms with Gasteiger partial charge in [0, 0.05) is 18.1 Å². The Labute approximate surface area is 161 Å². The molecule has 1 aliphatic heterocycles. The van der Waals surface area contributed by atoms with Gasteiger partial charge in [-0.2, -0.15) is 0 Å². The molecule has 1 fully saturated rings. The minimum atomic E-state index is -0.303. The second-order valence-electron chi connectivity index (χ2n) is 5.75. The van der Waals surface area contributed by atoms with Crippen molar-refractivity contribution in [1.82, 2.24) is 15.5 Å². The fraction of sp³-hybridized carbons (Fsp3) is 0.562. The van der Waals surface area contributed by atoms with Crippen LogP contribution >= 0.6 is 36.4 Å². The van der Waals surface area contributed by atoms with E-state index < -0.39 is 0 Å². The number of halogens is 3. The average Bonchev–Trinajstić information content (AvgIpc) is 2.49. The van der Waals surface area contributed by atoms with Gasteiger partial charge in [0.15, 0.2) is 0 Å². The highest BCUT2D eigenvalue weighted by atomic mass is 35.5. The Hall–Kier alpha value is -0.560. The van der Waals surface area contributed by atoms with Crippen molar-refractivity contribution < 1.29 is 9.53 Å². The number of carbonyl (C=O) groups is 1. The van der Waals surface area contributed by atoms with Crippen LogP contribution in [0.3, 0.4) is 0 Å². The maximum absolute atomic E-state index is 12.3. The molecular weight excluding hydrogens is 373 g/mol. The summed E-state index contributed by atoms with van der Waals surface area (Å²) in [6.45, 7) is 3.75. The van der Waals surface area contributed by atoms with E-state index in [0.717, 1.165) is 5.56 Å². The average molecular weight is 399 g/mol. The summed E-state index contributed by atoms with van der Waals surface area (Å²) in [6, 6.07) is 7.44. The standard InChI is InChI=1S/C16H24ClN3O2.2ClH/c1-11-15(18-8-9-22-11)16(21)19-10-14(20(2)3)12-6-4-5-7-13(12)17;;/h4-7,11,14-15,18H,8-10H2,1-3H3,(H,19,21);2*1H/t11-,14?,15+;;/m1../s1. The zero-order chi connectivity index (χ0) is 16.1. The SMILES string of the molecule is C[C@H]1OCCN[C@@H]1C(=O)NCC(c1ccccc1Cl)N(C)C.Cl.Cl. The highest BCUT2D eigenvalue weighted by Gasteiger charge is 2.29. The van der Waals surface area contributed by atoms with Crippen molar-refractivity contribution in [1.29, 1.82) is 0 Å². The fourth-order valence-electron chi connectivity index (χ4n) is 2.65. The van der Waals surface area contributed by atoms with E-state index in [1.165, 1.54) is 0 Å². The van der Waals surface area contributed by atoms with Crippen molar-refractivity contribution in [3.63, 3.8) is 0 Å². The van der Waals surface area contributed by atoms with E-state index in [9.17, 15) is 4.79 Å². The monoisotopic (exact) mass is 397 g/mol. The van der Waals surface area contributed by atoms with Crippen LogP contribution in [0.25, 0.3) is 0 Å². The maximum atomic E-state index is 12.3. The summed E-state index contributed by atoms with van der Waals surface area (Å²) in [7, 11) is 3.95. The first-order valence-electron chi connectivity index (χ1n) is 7.54. The predicted molar refractivity (Wildman–Crippen MR) is 103 cm³/mol. The Morgan fingerprint density at radius 1 is 1.42 bits per heavy atom. The zero-order valence-corrected chi connectivity index (χ0v) is 16.5. The number of benzene rings is 1. The summed E-state index contributed by atoms with van der Waals surface area (Å²) in [4.78, 5) is 14.4. The van der Waals surface area contributed by atoms with Crippen LogP contribution in [0.1, 0.15) is 18.5 Å². The lowest BCUT2D eigenvalue weighted by Crippen LogP contribution is -2.56. The van der Waals surface area contributed by atoms with Crippen molar-refractivity contribution in [2.75, 3.05) is 33.8 Å². The number of hydrogen-bond donors (Lipinski definition) is 2. The van der Waals surface area contributed by atoms with Gasteiger partial charge in [0.05, 0.1) is 18.8 Å². The minimum Gasteiger partial charge on any atom is -0.375 e. The van der Waals surface area contributed by atoms with Crippen molar-refractivity contribution >= 4 is 42.3 Å². The highest BCUT2D eigenvalue weighted by Crippen LogP contribution is 2.25. The first kappa shape index (κ1) is 23.4. The molecule has 1 aromatic rings. The molecule has 0 bridgehead atoms. The Kier molecular flexibility index (Phi) is 10.9. The first-order valence-corrected chi connectivity index (χ1v) is 7.92. The molecule has 2 rings (SSSR count). The van der Waals surface area contributed by atoms with Crippen molar-refractivity contribution in [2.24, 2.45) is 0 Å². The number of amides is 1. The molecule has 138 valence electrons. The van der Waals surface area contributed by atoms with Crippen LogP contribution in [0, 0.1) is 0 Å². The molecule has 1 aliphatic rings. The Morgan fingerprint density at radius 2 is 2.08 bits per heavy atom. The third-order valence-electron chi connectivity index (χ3n) is 3.96. The highest BCUT2D eigenvalue weighted by molar-refractivity contribution is 6.31. The number of nitrogens with one attached hydrogen (secondary N) is 2. The quantitative estimate of drug-likeness (QED) is 0.799. The van der Waals surface area contributed by atoms with Crippen LogP contribution < -0.4 is 10.6 Å². The largest absolute Gasteiger partial charge is 0.375 e. The number of carbonyl (C=O) groups excluding carboxylic acids is 1. The molecule has 5 nitrogen and oxygen atoms in total. The van der Waals surface area contributed by atoms with Gasteiger partial charge in [-0.15, -0.1) is 24.8 Å². The van der Waals surface area contributed by atoms with Gasteiger partial charge in [0.2, 0.25) is 5.91 Å². The van der Waals surface area contributed by atoms with Crippen LogP contribution in [0.2, 0.25) is 5.02 Å². The summed E-state index contributed by atoms with van der Waals surface area (Å²) >= 11 is 6.28. The van der Waals surface area contributed by atoms with Gasteiger partial charge in [-0.05, 0) is 32.6 Å². The van der Waals surface area contributed by atoms with Gasteiger partial charge in [-0.3, -0.25) is 4.79 Å². The summed E-state index contributed by atoms with van der Waals surface area (Å²) in [5.74, 6) is -0.0360. The molecule has 3 atom stereocenters. The van der Waals surface area contributed by atoms with Gasteiger partial charge in [-0.1, -0.05) is 29.8 Å². The van der Waals surface area contributed by atoms with E-state index in [-0.39, 0.29) is 48.9 Å². The molecule has 0 aromatic heterocycles. The third kappa shape index (κ3) is 6.06. The smallest absolute Gasteiger partial charge is 0.239 e.